The number of aromatic amines is 1. The highest BCUT2D eigenvalue weighted by atomic mass is 16.1. The smallest absolute Gasteiger partial charge is 0.255 e. The van der Waals surface area contributed by atoms with E-state index in [2.05, 4.69) is 45.3 Å². The van der Waals surface area contributed by atoms with Crippen molar-refractivity contribution >= 4 is 11.9 Å². The number of piperidine rings is 1. The van der Waals surface area contributed by atoms with Gasteiger partial charge in [-0.25, -0.2) is 19.9 Å². The fourth-order valence-corrected chi connectivity index (χ4v) is 3.09. The lowest BCUT2D eigenvalue weighted by atomic mass is 10.1. The zero-order valence-electron chi connectivity index (χ0n) is 15.6. The molecule has 1 saturated heterocycles. The fraction of sp³-hybridized carbons (Fsp3) is 0.389. The van der Waals surface area contributed by atoms with Gasteiger partial charge in [0, 0.05) is 31.7 Å². The Labute approximate surface area is 161 Å². The monoisotopic (exact) mass is 379 g/mol. The Bertz CT molecular complexity index is 951. The Balaban J connectivity index is 1.39. The van der Waals surface area contributed by atoms with Gasteiger partial charge in [-0.05, 0) is 26.2 Å². The molecule has 4 rings (SSSR count). The molecule has 0 aromatic carbocycles. The number of carbonyl (C=O) groups excluding carboxylic acids is 1. The molecule has 1 fully saturated rings. The van der Waals surface area contributed by atoms with Gasteiger partial charge in [0.05, 0.1) is 24.0 Å². The molecule has 10 nitrogen and oxygen atoms in total. The maximum absolute atomic E-state index is 12.5. The van der Waals surface area contributed by atoms with Gasteiger partial charge in [-0.1, -0.05) is 0 Å². The van der Waals surface area contributed by atoms with Gasteiger partial charge in [0.15, 0.2) is 0 Å². The Hall–Kier alpha value is -3.43. The van der Waals surface area contributed by atoms with Crippen LogP contribution in [-0.2, 0) is 6.54 Å². The van der Waals surface area contributed by atoms with Gasteiger partial charge >= 0.3 is 0 Å². The maximum Gasteiger partial charge on any atom is 0.255 e. The summed E-state index contributed by atoms with van der Waals surface area (Å²) < 4.78 is 0. The van der Waals surface area contributed by atoms with Gasteiger partial charge in [-0.15, -0.1) is 0 Å². The molecule has 0 unspecified atom stereocenters. The second kappa shape index (κ2) is 8.07. The minimum absolute atomic E-state index is 0.208. The van der Waals surface area contributed by atoms with Crippen molar-refractivity contribution in [2.45, 2.75) is 32.7 Å². The van der Waals surface area contributed by atoms with Crippen LogP contribution in [0.4, 0.5) is 5.95 Å². The third-order valence-electron chi connectivity index (χ3n) is 4.59. The first kappa shape index (κ1) is 18.0. The molecule has 1 amide bonds. The van der Waals surface area contributed by atoms with Crippen molar-refractivity contribution in [3.63, 3.8) is 0 Å². The van der Waals surface area contributed by atoms with Gasteiger partial charge in [-0.2, -0.15) is 5.10 Å². The summed E-state index contributed by atoms with van der Waals surface area (Å²) in [6.45, 7) is 3.96. The van der Waals surface area contributed by atoms with E-state index < -0.39 is 0 Å². The third-order valence-corrected chi connectivity index (χ3v) is 4.59. The summed E-state index contributed by atoms with van der Waals surface area (Å²) in [5, 5.41) is 9.71. The lowest BCUT2D eigenvalue weighted by Crippen LogP contribution is -2.32. The number of H-pyrrole nitrogens is 1. The van der Waals surface area contributed by atoms with E-state index in [0.717, 1.165) is 25.9 Å². The van der Waals surface area contributed by atoms with Crippen molar-refractivity contribution in [1.82, 2.24) is 40.4 Å². The second-order valence-electron chi connectivity index (χ2n) is 6.60. The van der Waals surface area contributed by atoms with Crippen LogP contribution >= 0.6 is 0 Å². The normalized spacial score (nSPS) is 14.1. The first-order valence-electron chi connectivity index (χ1n) is 9.25. The summed E-state index contributed by atoms with van der Waals surface area (Å²) in [5.41, 5.74) is 1.68. The molecule has 0 radical (unpaired) electrons. The molecular formula is C18H21N9O. The van der Waals surface area contributed by atoms with Crippen molar-refractivity contribution in [2.75, 3.05) is 18.0 Å². The molecule has 0 saturated carbocycles. The van der Waals surface area contributed by atoms with E-state index in [0.29, 0.717) is 34.5 Å². The summed E-state index contributed by atoms with van der Waals surface area (Å²) in [4.78, 5) is 36.0. The number of nitrogens with one attached hydrogen (secondary N) is 2. The van der Waals surface area contributed by atoms with Gasteiger partial charge in [0.2, 0.25) is 11.8 Å². The Kier molecular flexibility index (Phi) is 5.18. The predicted molar refractivity (Wildman–Crippen MR) is 101 cm³/mol. The zero-order valence-corrected chi connectivity index (χ0v) is 15.6. The Morgan fingerprint density at radius 2 is 2.00 bits per heavy atom. The second-order valence-corrected chi connectivity index (χ2v) is 6.60. The molecule has 0 atom stereocenters. The molecule has 3 aromatic heterocycles. The van der Waals surface area contributed by atoms with Crippen LogP contribution in [-0.4, -0.2) is 54.1 Å². The van der Waals surface area contributed by atoms with Crippen molar-refractivity contribution < 1.29 is 4.79 Å². The number of hydrogen-bond acceptors (Lipinski definition) is 8. The zero-order chi connectivity index (χ0) is 19.3. The van der Waals surface area contributed by atoms with E-state index in [1.54, 1.807) is 24.8 Å². The molecule has 1 aliphatic heterocycles. The average molecular weight is 379 g/mol. The molecule has 144 valence electrons. The third kappa shape index (κ3) is 3.95. The molecule has 2 N–H and O–H groups in total. The summed E-state index contributed by atoms with van der Waals surface area (Å²) in [7, 11) is 0. The van der Waals surface area contributed by atoms with Crippen LogP contribution in [0.25, 0.3) is 11.5 Å². The number of aryl methyl sites for hydroxylation is 1. The summed E-state index contributed by atoms with van der Waals surface area (Å²) in [5.74, 6) is 1.40. The molecular weight excluding hydrogens is 358 g/mol. The molecule has 0 spiro atoms. The lowest BCUT2D eigenvalue weighted by Gasteiger charge is -2.26. The molecule has 1 aliphatic rings. The minimum atomic E-state index is -0.250. The van der Waals surface area contributed by atoms with Crippen LogP contribution in [0, 0.1) is 6.92 Å². The molecule has 0 bridgehead atoms. The Morgan fingerprint density at radius 1 is 1.14 bits per heavy atom. The van der Waals surface area contributed by atoms with Crippen molar-refractivity contribution in [3.05, 3.63) is 41.9 Å². The van der Waals surface area contributed by atoms with Crippen LogP contribution in [0.3, 0.4) is 0 Å². The Morgan fingerprint density at radius 3 is 2.75 bits per heavy atom. The first-order chi connectivity index (χ1) is 13.7. The van der Waals surface area contributed by atoms with E-state index in [1.165, 1.54) is 6.42 Å². The highest BCUT2D eigenvalue weighted by Crippen LogP contribution is 2.17. The van der Waals surface area contributed by atoms with Gasteiger partial charge in [0.1, 0.15) is 11.5 Å². The molecule has 0 aliphatic carbocycles. The topological polar surface area (TPSA) is 125 Å². The van der Waals surface area contributed by atoms with Crippen LogP contribution in [0.15, 0.2) is 24.8 Å². The summed E-state index contributed by atoms with van der Waals surface area (Å²) >= 11 is 0. The highest BCUT2D eigenvalue weighted by molar-refractivity contribution is 5.94. The van der Waals surface area contributed by atoms with Gasteiger partial charge < -0.3 is 10.2 Å². The number of aromatic nitrogens is 7. The number of anilines is 1. The van der Waals surface area contributed by atoms with Gasteiger partial charge in [-0.3, -0.25) is 14.9 Å². The summed E-state index contributed by atoms with van der Waals surface area (Å²) in [6, 6.07) is 0. The molecule has 28 heavy (non-hydrogen) atoms. The number of hydrogen-bond donors (Lipinski definition) is 2. The van der Waals surface area contributed by atoms with E-state index in [9.17, 15) is 4.79 Å². The maximum atomic E-state index is 12.5. The van der Waals surface area contributed by atoms with Crippen LogP contribution in [0.5, 0.6) is 0 Å². The van der Waals surface area contributed by atoms with E-state index >= 15 is 0 Å². The largest absolute Gasteiger partial charge is 0.345 e. The molecule has 3 aromatic rings. The molecule has 4 heterocycles. The SMILES string of the molecule is Cc1nc(N2CCCCC2)ncc1C(=O)NCc1nc(-c2cnccn2)n[nH]1. The summed E-state index contributed by atoms with van der Waals surface area (Å²) in [6.07, 6.45) is 9.87. The highest BCUT2D eigenvalue weighted by Gasteiger charge is 2.17. The van der Waals surface area contributed by atoms with Crippen LogP contribution < -0.4 is 10.2 Å². The average Bonchev–Trinajstić information content (AvgIpc) is 3.22. The fourth-order valence-electron chi connectivity index (χ4n) is 3.09. The number of rotatable bonds is 5. The predicted octanol–water partition coefficient (Wildman–Crippen LogP) is 1.28. The number of nitrogens with zero attached hydrogens (tertiary/aromatic N) is 7. The van der Waals surface area contributed by atoms with Crippen LogP contribution in [0.2, 0.25) is 0 Å². The van der Waals surface area contributed by atoms with Crippen molar-refractivity contribution in [3.8, 4) is 11.5 Å². The van der Waals surface area contributed by atoms with Crippen LogP contribution in [0.1, 0.15) is 41.1 Å². The van der Waals surface area contributed by atoms with Crippen molar-refractivity contribution in [1.29, 1.82) is 0 Å². The minimum Gasteiger partial charge on any atom is -0.345 e. The standard InChI is InChI=1S/C18H21N9O/c1-12-13(9-22-18(23-12)27-7-3-2-4-8-27)17(28)21-11-15-24-16(26-25-15)14-10-19-5-6-20-14/h5-6,9-10H,2-4,7-8,11H2,1H3,(H,21,28)(H,24,25,26). The quantitative estimate of drug-likeness (QED) is 0.679. The van der Waals surface area contributed by atoms with E-state index in [4.69, 9.17) is 0 Å². The lowest BCUT2D eigenvalue weighted by molar-refractivity contribution is 0.0948. The number of carbonyl (C=O) groups is 1. The molecule has 10 heteroatoms. The van der Waals surface area contributed by atoms with E-state index in [1.807, 2.05) is 6.92 Å². The van der Waals surface area contributed by atoms with E-state index in [-0.39, 0.29) is 12.5 Å². The van der Waals surface area contributed by atoms with Crippen molar-refractivity contribution in [2.24, 2.45) is 0 Å². The first-order valence-corrected chi connectivity index (χ1v) is 9.25. The van der Waals surface area contributed by atoms with Gasteiger partial charge in [0.25, 0.3) is 5.91 Å². The number of amides is 1.